The molecule has 1 aliphatic rings. The van der Waals surface area contributed by atoms with Crippen LogP contribution in [0.25, 0.3) is 11.0 Å². The van der Waals surface area contributed by atoms with Crippen LogP contribution >= 0.6 is 24.0 Å². The molecule has 0 spiro atoms. The lowest BCUT2D eigenvalue weighted by Crippen LogP contribution is -2.40. The largest absolute Gasteiger partial charge is 0.367 e. The van der Waals surface area contributed by atoms with Crippen molar-refractivity contribution in [3.63, 3.8) is 0 Å². The van der Waals surface area contributed by atoms with Gasteiger partial charge in [-0.2, -0.15) is 5.10 Å². The first-order chi connectivity index (χ1) is 14.3. The number of aromatic nitrogens is 4. The summed E-state index contributed by atoms with van der Waals surface area (Å²) >= 11 is 0. The highest BCUT2D eigenvalue weighted by Gasteiger charge is 2.25. The van der Waals surface area contributed by atoms with Crippen LogP contribution in [0.3, 0.4) is 0 Å². The van der Waals surface area contributed by atoms with Crippen LogP contribution in [0.15, 0.2) is 47.8 Å². The number of hydrogen-bond donors (Lipinski definition) is 2. The van der Waals surface area contributed by atoms with Crippen molar-refractivity contribution < 1.29 is 0 Å². The number of aryl methyl sites for hydroxylation is 1. The van der Waals surface area contributed by atoms with E-state index in [1.807, 2.05) is 7.05 Å². The quantitative estimate of drug-likeness (QED) is 0.225. The van der Waals surface area contributed by atoms with Gasteiger partial charge in [-0.1, -0.05) is 30.3 Å². The lowest BCUT2D eigenvalue weighted by Gasteiger charge is -2.22. The number of anilines is 1. The van der Waals surface area contributed by atoms with Gasteiger partial charge in [-0.25, -0.2) is 9.97 Å². The van der Waals surface area contributed by atoms with Crippen molar-refractivity contribution in [3.8, 4) is 0 Å². The third-order valence-corrected chi connectivity index (χ3v) is 5.29. The molecule has 2 N–H and O–H groups in total. The van der Waals surface area contributed by atoms with Crippen LogP contribution in [-0.4, -0.2) is 63.3 Å². The second-order valence-electron chi connectivity index (χ2n) is 7.23. The van der Waals surface area contributed by atoms with Crippen LogP contribution < -0.4 is 10.6 Å². The molecule has 8 nitrogen and oxygen atoms in total. The second-order valence-corrected chi connectivity index (χ2v) is 7.23. The van der Waals surface area contributed by atoms with Gasteiger partial charge in [0.25, 0.3) is 0 Å². The van der Waals surface area contributed by atoms with Crippen molar-refractivity contribution in [1.82, 2.24) is 30.0 Å². The van der Waals surface area contributed by atoms with Crippen LogP contribution in [0.1, 0.15) is 24.8 Å². The maximum Gasteiger partial charge on any atom is 0.193 e. The van der Waals surface area contributed by atoms with Crippen LogP contribution in [0, 0.1) is 0 Å². The Labute approximate surface area is 194 Å². The van der Waals surface area contributed by atoms with Gasteiger partial charge in [0.1, 0.15) is 12.1 Å². The first-order valence-electron chi connectivity index (χ1n) is 10.2. The minimum absolute atomic E-state index is 0. The molecule has 1 unspecified atom stereocenters. The van der Waals surface area contributed by atoms with Crippen molar-refractivity contribution in [3.05, 3.63) is 48.4 Å². The molecule has 3 aromatic rings. The molecular weight excluding hydrogens is 491 g/mol. The fraction of sp³-hybridized carbons (Fsp3) is 0.429. The Morgan fingerprint density at radius 1 is 1.23 bits per heavy atom. The van der Waals surface area contributed by atoms with Crippen molar-refractivity contribution in [1.29, 1.82) is 0 Å². The van der Waals surface area contributed by atoms with Gasteiger partial charge < -0.3 is 15.5 Å². The number of nitrogens with zero attached hydrogens (tertiary/aromatic N) is 6. The summed E-state index contributed by atoms with van der Waals surface area (Å²) < 4.78 is 1.75. The predicted octanol–water partition coefficient (Wildman–Crippen LogP) is 2.85. The Balaban J connectivity index is 0.00000256. The van der Waals surface area contributed by atoms with Gasteiger partial charge in [-0.3, -0.25) is 9.67 Å². The minimum Gasteiger partial charge on any atom is -0.367 e. The SMILES string of the molecule is CCNC(=NCCNc1ncnc2c1cnn2C)N1CCC(c2ccccc2)C1.I. The zero-order valence-electron chi connectivity index (χ0n) is 17.5. The third kappa shape index (κ3) is 5.00. The highest BCUT2D eigenvalue weighted by molar-refractivity contribution is 14.0. The van der Waals surface area contributed by atoms with Crippen LogP contribution in [-0.2, 0) is 7.05 Å². The van der Waals surface area contributed by atoms with E-state index in [1.54, 1.807) is 17.2 Å². The summed E-state index contributed by atoms with van der Waals surface area (Å²) in [5, 5.41) is 12.0. The molecule has 0 saturated carbocycles. The fourth-order valence-corrected chi connectivity index (χ4v) is 3.81. The number of fused-ring (bicyclic) bond motifs is 1. The number of benzene rings is 1. The molecule has 160 valence electrons. The number of rotatable bonds is 6. The average molecular weight is 520 g/mol. The summed E-state index contributed by atoms with van der Waals surface area (Å²) in [4.78, 5) is 15.8. The predicted molar refractivity (Wildman–Crippen MR) is 132 cm³/mol. The van der Waals surface area contributed by atoms with Gasteiger partial charge in [-0.05, 0) is 18.9 Å². The van der Waals surface area contributed by atoms with E-state index in [0.29, 0.717) is 19.0 Å². The van der Waals surface area contributed by atoms with Gasteiger partial charge in [0.2, 0.25) is 0 Å². The summed E-state index contributed by atoms with van der Waals surface area (Å²) in [6.07, 6.45) is 4.51. The van der Waals surface area contributed by atoms with E-state index in [0.717, 1.165) is 48.9 Å². The summed E-state index contributed by atoms with van der Waals surface area (Å²) in [7, 11) is 1.88. The van der Waals surface area contributed by atoms with Gasteiger partial charge in [0.05, 0.1) is 18.1 Å². The lowest BCUT2D eigenvalue weighted by molar-refractivity contribution is 0.486. The minimum atomic E-state index is 0. The van der Waals surface area contributed by atoms with E-state index in [9.17, 15) is 0 Å². The van der Waals surface area contributed by atoms with E-state index in [1.165, 1.54) is 5.56 Å². The number of hydrogen-bond acceptors (Lipinski definition) is 5. The molecule has 0 bridgehead atoms. The third-order valence-electron chi connectivity index (χ3n) is 5.29. The maximum atomic E-state index is 4.83. The van der Waals surface area contributed by atoms with Crippen molar-refractivity contribution >= 4 is 46.8 Å². The summed E-state index contributed by atoms with van der Waals surface area (Å²) in [6.45, 7) is 6.37. The van der Waals surface area contributed by atoms with E-state index in [-0.39, 0.29) is 24.0 Å². The molecule has 2 aromatic heterocycles. The Morgan fingerprint density at radius 3 is 2.87 bits per heavy atom. The Hall–Kier alpha value is -2.43. The Kier molecular flexibility index (Phi) is 7.83. The highest BCUT2D eigenvalue weighted by Crippen LogP contribution is 2.26. The number of aliphatic imine (C=N–C) groups is 1. The number of halogens is 1. The van der Waals surface area contributed by atoms with E-state index < -0.39 is 0 Å². The molecule has 1 aliphatic heterocycles. The Morgan fingerprint density at radius 2 is 2.07 bits per heavy atom. The smallest absolute Gasteiger partial charge is 0.193 e. The second kappa shape index (κ2) is 10.6. The summed E-state index contributed by atoms with van der Waals surface area (Å²) in [6, 6.07) is 10.8. The summed E-state index contributed by atoms with van der Waals surface area (Å²) in [5.41, 5.74) is 2.24. The maximum absolute atomic E-state index is 4.83. The first kappa shape index (κ1) is 22.3. The van der Waals surface area contributed by atoms with Crippen molar-refractivity contribution in [2.45, 2.75) is 19.3 Å². The molecule has 1 saturated heterocycles. The van der Waals surface area contributed by atoms with Crippen LogP contribution in [0.5, 0.6) is 0 Å². The molecule has 0 radical (unpaired) electrons. The molecule has 1 fully saturated rings. The van der Waals surface area contributed by atoms with Gasteiger partial charge >= 0.3 is 0 Å². The topological polar surface area (TPSA) is 83.3 Å². The number of likely N-dealkylation sites (tertiary alicyclic amines) is 1. The molecule has 3 heterocycles. The monoisotopic (exact) mass is 520 g/mol. The highest BCUT2D eigenvalue weighted by atomic mass is 127. The molecule has 0 amide bonds. The molecule has 0 aliphatic carbocycles. The molecular formula is C21H29IN8. The zero-order valence-corrected chi connectivity index (χ0v) is 19.8. The van der Waals surface area contributed by atoms with E-state index >= 15 is 0 Å². The van der Waals surface area contributed by atoms with Crippen LogP contribution in [0.2, 0.25) is 0 Å². The Bertz CT molecular complexity index is 972. The normalized spacial score (nSPS) is 16.5. The molecule has 9 heteroatoms. The number of guanidine groups is 1. The van der Waals surface area contributed by atoms with Crippen LogP contribution in [0.4, 0.5) is 5.82 Å². The van der Waals surface area contributed by atoms with Gasteiger partial charge in [0, 0.05) is 39.1 Å². The fourth-order valence-electron chi connectivity index (χ4n) is 3.81. The molecule has 1 aromatic carbocycles. The molecule has 4 rings (SSSR count). The van der Waals surface area contributed by atoms with E-state index in [4.69, 9.17) is 4.99 Å². The zero-order chi connectivity index (χ0) is 20.1. The molecule has 30 heavy (non-hydrogen) atoms. The first-order valence-corrected chi connectivity index (χ1v) is 10.2. The average Bonchev–Trinajstić information content (AvgIpc) is 3.39. The lowest BCUT2D eigenvalue weighted by atomic mass is 9.99. The number of nitrogens with one attached hydrogen (secondary N) is 2. The van der Waals surface area contributed by atoms with Crippen molar-refractivity contribution in [2.24, 2.45) is 12.0 Å². The molecule has 1 atom stereocenters. The van der Waals surface area contributed by atoms with E-state index in [2.05, 4.69) is 67.9 Å². The standard InChI is InChI=1S/C21H28N8.HI/c1-3-22-21(29-12-9-17(14-29)16-7-5-4-6-8-16)24-11-10-23-19-18-13-27-28(2)20(18)26-15-25-19;/h4-8,13,15,17H,3,9-12,14H2,1-2H3,(H,22,24)(H,23,25,26);1H. The van der Waals surface area contributed by atoms with Gasteiger partial charge in [0.15, 0.2) is 11.6 Å². The summed E-state index contributed by atoms with van der Waals surface area (Å²) in [5.74, 6) is 2.36. The van der Waals surface area contributed by atoms with Gasteiger partial charge in [-0.15, -0.1) is 24.0 Å². The van der Waals surface area contributed by atoms with Crippen molar-refractivity contribution in [2.75, 3.05) is 38.0 Å².